The second kappa shape index (κ2) is 5.88. The second-order valence-electron chi connectivity index (χ2n) is 3.46. The summed E-state index contributed by atoms with van der Waals surface area (Å²) in [6.07, 6.45) is -9.60. The molecule has 10 heteroatoms. The van der Waals surface area contributed by atoms with Crippen molar-refractivity contribution in [3.63, 3.8) is 0 Å². The standard InChI is InChI=1S/C10H8F5NO4/c1-19-5-2-4(3-6(17)18)8(20-10(13,14)15)7(16-5)9(11)12/h2,9H,3H2,1H3,(H,17,18). The van der Waals surface area contributed by atoms with E-state index >= 15 is 0 Å². The van der Waals surface area contributed by atoms with Gasteiger partial charge in [-0.2, -0.15) is 0 Å². The number of carboxylic acid groups (broad SMARTS) is 1. The summed E-state index contributed by atoms with van der Waals surface area (Å²) < 4.78 is 70.1. The topological polar surface area (TPSA) is 68.7 Å². The molecule has 0 fully saturated rings. The van der Waals surface area contributed by atoms with E-state index in [1.165, 1.54) is 0 Å². The average Bonchev–Trinajstić information content (AvgIpc) is 2.28. The normalized spacial score (nSPS) is 11.6. The van der Waals surface area contributed by atoms with Gasteiger partial charge in [-0.3, -0.25) is 4.79 Å². The van der Waals surface area contributed by atoms with Gasteiger partial charge in [0.2, 0.25) is 5.88 Å². The Morgan fingerprint density at radius 3 is 2.45 bits per heavy atom. The third kappa shape index (κ3) is 4.21. The predicted molar refractivity (Wildman–Crippen MR) is 53.8 cm³/mol. The van der Waals surface area contributed by atoms with E-state index in [1.54, 1.807) is 0 Å². The quantitative estimate of drug-likeness (QED) is 0.846. The summed E-state index contributed by atoms with van der Waals surface area (Å²) in [7, 11) is 1.05. The van der Waals surface area contributed by atoms with Crippen molar-refractivity contribution >= 4 is 5.97 Å². The van der Waals surface area contributed by atoms with Gasteiger partial charge in [-0.05, 0) is 0 Å². The zero-order valence-electron chi connectivity index (χ0n) is 9.87. The zero-order chi connectivity index (χ0) is 15.5. The number of methoxy groups -OCH3 is 1. The zero-order valence-corrected chi connectivity index (χ0v) is 9.87. The van der Waals surface area contributed by atoms with Crippen LogP contribution in [0.4, 0.5) is 22.0 Å². The van der Waals surface area contributed by atoms with Crippen molar-refractivity contribution in [2.45, 2.75) is 19.2 Å². The van der Waals surface area contributed by atoms with Crippen molar-refractivity contribution in [2.75, 3.05) is 7.11 Å². The SMILES string of the molecule is COc1cc(CC(=O)O)c(OC(F)(F)F)c(C(F)F)n1. The Labute approximate surface area is 108 Å². The highest BCUT2D eigenvalue weighted by atomic mass is 19.4. The number of alkyl halides is 5. The van der Waals surface area contributed by atoms with E-state index in [0.717, 1.165) is 13.2 Å². The van der Waals surface area contributed by atoms with Crippen LogP contribution in [0.5, 0.6) is 11.6 Å². The van der Waals surface area contributed by atoms with Crippen LogP contribution in [0.2, 0.25) is 0 Å². The second-order valence-corrected chi connectivity index (χ2v) is 3.46. The number of nitrogens with zero attached hydrogens (tertiary/aromatic N) is 1. The van der Waals surface area contributed by atoms with Crippen molar-refractivity contribution in [3.8, 4) is 11.6 Å². The van der Waals surface area contributed by atoms with Gasteiger partial charge in [0.15, 0.2) is 11.4 Å². The summed E-state index contributed by atoms with van der Waals surface area (Å²) in [5.41, 5.74) is -1.95. The van der Waals surface area contributed by atoms with E-state index in [0.29, 0.717) is 0 Å². The Bertz CT molecular complexity index is 503. The van der Waals surface area contributed by atoms with Gasteiger partial charge in [-0.1, -0.05) is 0 Å². The molecule has 0 aliphatic heterocycles. The van der Waals surface area contributed by atoms with E-state index in [4.69, 9.17) is 5.11 Å². The van der Waals surface area contributed by atoms with E-state index < -0.39 is 48.1 Å². The Hall–Kier alpha value is -2.13. The van der Waals surface area contributed by atoms with E-state index in [-0.39, 0.29) is 0 Å². The summed E-state index contributed by atoms with van der Waals surface area (Å²) in [4.78, 5) is 13.7. The van der Waals surface area contributed by atoms with Gasteiger partial charge in [-0.25, -0.2) is 13.8 Å². The van der Waals surface area contributed by atoms with Crippen LogP contribution in [0.25, 0.3) is 0 Å². The number of pyridine rings is 1. The lowest BCUT2D eigenvalue weighted by molar-refractivity contribution is -0.275. The van der Waals surface area contributed by atoms with Crippen LogP contribution < -0.4 is 9.47 Å². The molecule has 0 atom stereocenters. The smallest absolute Gasteiger partial charge is 0.481 e. The predicted octanol–water partition coefficient (Wildman–Crippen LogP) is 2.55. The van der Waals surface area contributed by atoms with Crippen LogP contribution in [-0.4, -0.2) is 29.5 Å². The van der Waals surface area contributed by atoms with Gasteiger partial charge in [0, 0.05) is 11.6 Å². The van der Waals surface area contributed by atoms with Crippen molar-refractivity contribution < 1.29 is 41.3 Å². The Morgan fingerprint density at radius 1 is 1.45 bits per heavy atom. The molecule has 5 nitrogen and oxygen atoms in total. The van der Waals surface area contributed by atoms with Crippen LogP contribution in [0, 0.1) is 0 Å². The monoisotopic (exact) mass is 301 g/mol. The number of carboxylic acids is 1. The molecule has 0 amide bonds. The van der Waals surface area contributed by atoms with Gasteiger partial charge in [0.25, 0.3) is 6.43 Å². The number of hydrogen-bond donors (Lipinski definition) is 1. The Morgan fingerprint density at radius 2 is 2.05 bits per heavy atom. The molecule has 0 saturated carbocycles. The fourth-order valence-electron chi connectivity index (χ4n) is 1.36. The first-order valence-electron chi connectivity index (χ1n) is 4.97. The molecule has 0 aliphatic rings. The molecule has 0 bridgehead atoms. The number of aliphatic carboxylic acids is 1. The lowest BCUT2D eigenvalue weighted by atomic mass is 10.1. The largest absolute Gasteiger partial charge is 0.573 e. The van der Waals surface area contributed by atoms with Crippen LogP contribution >= 0.6 is 0 Å². The number of hydrogen-bond acceptors (Lipinski definition) is 4. The molecule has 0 aromatic carbocycles. The lowest BCUT2D eigenvalue weighted by Crippen LogP contribution is -2.20. The summed E-state index contributed by atoms with van der Waals surface area (Å²) in [6, 6.07) is 0.793. The molecular weight excluding hydrogens is 293 g/mol. The first-order valence-corrected chi connectivity index (χ1v) is 4.97. The molecule has 1 heterocycles. The maximum atomic E-state index is 12.7. The molecule has 0 aliphatic carbocycles. The maximum Gasteiger partial charge on any atom is 0.573 e. The van der Waals surface area contributed by atoms with Crippen molar-refractivity contribution in [1.82, 2.24) is 4.98 Å². The molecule has 1 N–H and O–H groups in total. The highest BCUT2D eigenvalue weighted by Gasteiger charge is 2.36. The van der Waals surface area contributed by atoms with Gasteiger partial charge in [-0.15, -0.1) is 13.2 Å². The highest BCUT2D eigenvalue weighted by molar-refractivity contribution is 5.71. The third-order valence-corrected chi connectivity index (χ3v) is 2.03. The number of ether oxygens (including phenoxy) is 2. The first-order chi connectivity index (χ1) is 9.14. The number of aromatic nitrogens is 1. The molecule has 0 radical (unpaired) electrons. The molecule has 20 heavy (non-hydrogen) atoms. The molecule has 0 unspecified atom stereocenters. The minimum atomic E-state index is -5.26. The minimum absolute atomic E-state index is 0.439. The number of rotatable bonds is 5. The van der Waals surface area contributed by atoms with E-state index in [9.17, 15) is 26.7 Å². The van der Waals surface area contributed by atoms with Crippen molar-refractivity contribution in [3.05, 3.63) is 17.3 Å². The third-order valence-electron chi connectivity index (χ3n) is 2.03. The average molecular weight is 301 g/mol. The molecule has 112 valence electrons. The van der Waals surface area contributed by atoms with Gasteiger partial charge < -0.3 is 14.6 Å². The van der Waals surface area contributed by atoms with E-state index in [2.05, 4.69) is 14.5 Å². The lowest BCUT2D eigenvalue weighted by Gasteiger charge is -2.16. The molecule has 0 saturated heterocycles. The molecule has 1 aromatic heterocycles. The van der Waals surface area contributed by atoms with Crippen molar-refractivity contribution in [1.29, 1.82) is 0 Å². The maximum absolute atomic E-state index is 12.7. The summed E-state index contributed by atoms with van der Waals surface area (Å²) >= 11 is 0. The van der Waals surface area contributed by atoms with Gasteiger partial charge in [0.1, 0.15) is 0 Å². The summed E-state index contributed by atoms with van der Waals surface area (Å²) in [5.74, 6) is -3.28. The highest BCUT2D eigenvalue weighted by Crippen LogP contribution is 2.36. The molecule has 1 aromatic rings. The van der Waals surface area contributed by atoms with Crippen LogP contribution in [0.15, 0.2) is 6.07 Å². The molecular formula is C10H8F5NO4. The Balaban J connectivity index is 3.42. The minimum Gasteiger partial charge on any atom is -0.481 e. The summed E-state index contributed by atoms with van der Waals surface area (Å²) in [5, 5.41) is 8.60. The number of carbonyl (C=O) groups is 1. The molecule has 1 rings (SSSR count). The van der Waals surface area contributed by atoms with Gasteiger partial charge in [0.05, 0.1) is 13.5 Å². The first kappa shape index (κ1) is 15.9. The van der Waals surface area contributed by atoms with Gasteiger partial charge >= 0.3 is 12.3 Å². The van der Waals surface area contributed by atoms with E-state index in [1.807, 2.05) is 0 Å². The van der Waals surface area contributed by atoms with Crippen LogP contribution in [0.3, 0.4) is 0 Å². The Kier molecular flexibility index (Phi) is 4.69. The molecule has 0 spiro atoms. The fraction of sp³-hybridized carbons (Fsp3) is 0.400. The fourth-order valence-corrected chi connectivity index (χ4v) is 1.36. The number of halogens is 5. The van der Waals surface area contributed by atoms with Crippen LogP contribution in [0.1, 0.15) is 17.7 Å². The van der Waals surface area contributed by atoms with Crippen LogP contribution in [-0.2, 0) is 11.2 Å². The van der Waals surface area contributed by atoms with Crippen molar-refractivity contribution in [2.24, 2.45) is 0 Å². The summed E-state index contributed by atoms with van der Waals surface area (Å²) in [6.45, 7) is 0.